The molecule has 1 atom stereocenters. The Bertz CT molecular complexity index is 220. The highest BCUT2D eigenvalue weighted by atomic mass is 35.5. The van der Waals surface area contributed by atoms with Crippen molar-refractivity contribution in [2.75, 3.05) is 13.1 Å². The van der Waals surface area contributed by atoms with Crippen LogP contribution in [-0.4, -0.2) is 22.1 Å². The van der Waals surface area contributed by atoms with E-state index in [0.717, 1.165) is 8.88 Å². The van der Waals surface area contributed by atoms with E-state index in [0.29, 0.717) is 0 Å². The Balaban J connectivity index is 0.000000845. The molecule has 1 saturated heterocycles. The molecule has 1 aliphatic rings. The first-order valence-corrected chi connectivity index (χ1v) is 5.49. The lowest BCUT2D eigenvalue weighted by atomic mass is 10.2. The van der Waals surface area contributed by atoms with E-state index < -0.39 is 0 Å². The van der Waals surface area contributed by atoms with Gasteiger partial charge < -0.3 is 4.34 Å². The number of aromatic nitrogens is 1. The van der Waals surface area contributed by atoms with Gasteiger partial charge in [-0.25, -0.2) is 0 Å². The monoisotopic (exact) mass is 218 g/mol. The van der Waals surface area contributed by atoms with Crippen molar-refractivity contribution in [2.24, 2.45) is 0 Å². The summed E-state index contributed by atoms with van der Waals surface area (Å²) in [5.74, 6) is 0. The van der Waals surface area contributed by atoms with Gasteiger partial charge in [-0.05, 0) is 25.0 Å². The third-order valence-corrected chi connectivity index (χ3v) is 3.48. The van der Waals surface area contributed by atoms with Crippen molar-refractivity contribution in [1.29, 1.82) is 0 Å². The molecule has 74 valence electrons. The number of hydrogen-bond donors (Lipinski definition) is 0. The summed E-state index contributed by atoms with van der Waals surface area (Å²) in [5, 5.41) is 0. The van der Waals surface area contributed by atoms with Gasteiger partial charge in [-0.2, -0.15) is 0 Å². The van der Waals surface area contributed by atoms with Crippen LogP contribution < -0.4 is 0 Å². The van der Waals surface area contributed by atoms with E-state index in [2.05, 4.69) is 33.5 Å². The van der Waals surface area contributed by atoms with Gasteiger partial charge >= 0.3 is 0 Å². The van der Waals surface area contributed by atoms with Crippen LogP contribution in [0, 0.1) is 0 Å². The molecule has 2 rings (SSSR count). The normalized spacial score (nSPS) is 19.1. The van der Waals surface area contributed by atoms with Gasteiger partial charge in [0.2, 0.25) is 0 Å². The molecule has 1 aromatic heterocycles. The Hall–Kier alpha value is -0.0400. The Morgan fingerprint density at radius 1 is 0.923 bits per heavy atom. The fourth-order valence-electron chi connectivity index (χ4n) is 1.56. The van der Waals surface area contributed by atoms with E-state index in [1.54, 1.807) is 0 Å². The molecule has 13 heavy (non-hydrogen) atoms. The number of halogens is 1. The molecular weight excluding hydrogens is 203 g/mol. The van der Waals surface area contributed by atoms with E-state index in [4.69, 9.17) is 0 Å². The first-order chi connectivity index (χ1) is 5.95. The maximum atomic E-state index is 2.55. The SMILES string of the molecule is Cl.c1ccn(PN2CCCCC2)c1. The number of piperidine rings is 1. The van der Waals surface area contributed by atoms with E-state index >= 15 is 0 Å². The standard InChI is InChI=1S/C9H15N2P.ClH/c1-2-6-10(7-3-1)12-11-8-4-5-9-11;/h4-5,8-9,12H,1-3,6-7H2;1H. The van der Waals surface area contributed by atoms with Gasteiger partial charge in [-0.15, -0.1) is 12.4 Å². The minimum atomic E-state index is 0. The second kappa shape index (κ2) is 5.64. The van der Waals surface area contributed by atoms with Gasteiger partial charge in [0.25, 0.3) is 0 Å². The lowest BCUT2D eigenvalue weighted by Crippen LogP contribution is -2.22. The molecule has 0 radical (unpaired) electrons. The smallest absolute Gasteiger partial charge is 0.0555 e. The molecule has 0 bridgehead atoms. The second-order valence-corrected chi connectivity index (χ2v) is 4.59. The topological polar surface area (TPSA) is 8.17 Å². The molecule has 1 aliphatic heterocycles. The van der Waals surface area contributed by atoms with Crippen LogP contribution in [0.1, 0.15) is 19.3 Å². The van der Waals surface area contributed by atoms with Gasteiger partial charge in [0, 0.05) is 25.5 Å². The first kappa shape index (κ1) is 11.0. The minimum Gasteiger partial charge on any atom is -0.323 e. The molecule has 1 aromatic rings. The number of hydrogen-bond acceptors (Lipinski definition) is 1. The third-order valence-electron chi connectivity index (χ3n) is 2.22. The quantitative estimate of drug-likeness (QED) is 0.693. The zero-order valence-corrected chi connectivity index (χ0v) is 9.46. The molecule has 0 saturated carbocycles. The average Bonchev–Trinajstić information content (AvgIpc) is 2.59. The van der Waals surface area contributed by atoms with Crippen molar-refractivity contribution < 1.29 is 0 Å². The summed E-state index contributed by atoms with van der Waals surface area (Å²) in [5.41, 5.74) is 0. The van der Waals surface area contributed by atoms with Crippen LogP contribution in [0.5, 0.6) is 0 Å². The average molecular weight is 219 g/mol. The zero-order valence-electron chi connectivity index (χ0n) is 7.65. The van der Waals surface area contributed by atoms with Crippen LogP contribution in [0.2, 0.25) is 0 Å². The molecule has 0 amide bonds. The van der Waals surface area contributed by atoms with E-state index in [1.807, 2.05) is 0 Å². The maximum absolute atomic E-state index is 2.55. The number of rotatable bonds is 2. The first-order valence-electron chi connectivity index (χ1n) is 4.60. The summed E-state index contributed by atoms with van der Waals surface area (Å²) in [6.45, 7) is 2.58. The van der Waals surface area contributed by atoms with Crippen LogP contribution in [0.3, 0.4) is 0 Å². The predicted octanol–water partition coefficient (Wildman–Crippen LogP) is 2.75. The summed E-state index contributed by atoms with van der Waals surface area (Å²) in [6.07, 6.45) is 8.48. The Labute approximate surface area is 87.6 Å². The van der Waals surface area contributed by atoms with Gasteiger partial charge in [-0.3, -0.25) is 4.67 Å². The van der Waals surface area contributed by atoms with Gasteiger partial charge in [0.15, 0.2) is 0 Å². The van der Waals surface area contributed by atoms with Gasteiger partial charge in [0.1, 0.15) is 0 Å². The molecule has 0 spiro atoms. The highest BCUT2D eigenvalue weighted by Gasteiger charge is 2.09. The Morgan fingerprint density at radius 2 is 1.54 bits per heavy atom. The Kier molecular flexibility index (Phi) is 4.79. The van der Waals surface area contributed by atoms with Crippen LogP contribution in [0.4, 0.5) is 0 Å². The van der Waals surface area contributed by atoms with Crippen molar-refractivity contribution in [2.45, 2.75) is 19.3 Å². The number of nitrogens with zero attached hydrogens (tertiary/aromatic N) is 2. The lowest BCUT2D eigenvalue weighted by molar-refractivity contribution is 0.372. The molecule has 1 fully saturated rings. The molecule has 0 aromatic carbocycles. The van der Waals surface area contributed by atoms with E-state index in [9.17, 15) is 0 Å². The van der Waals surface area contributed by atoms with Crippen molar-refractivity contribution in [3.63, 3.8) is 0 Å². The predicted molar refractivity (Wildman–Crippen MR) is 60.8 cm³/mol. The third kappa shape index (κ3) is 3.30. The van der Waals surface area contributed by atoms with E-state index in [-0.39, 0.29) is 12.4 Å². The summed E-state index contributed by atoms with van der Waals surface area (Å²) in [6, 6.07) is 4.19. The van der Waals surface area contributed by atoms with Crippen molar-refractivity contribution >= 4 is 21.3 Å². The van der Waals surface area contributed by atoms with Crippen molar-refractivity contribution in [1.82, 2.24) is 9.01 Å². The van der Waals surface area contributed by atoms with Crippen LogP contribution >= 0.6 is 21.3 Å². The zero-order chi connectivity index (χ0) is 8.23. The van der Waals surface area contributed by atoms with E-state index in [1.165, 1.54) is 32.4 Å². The van der Waals surface area contributed by atoms with Crippen molar-refractivity contribution in [3.8, 4) is 0 Å². The summed E-state index contributed by atoms with van der Waals surface area (Å²) >= 11 is 0. The molecule has 0 N–H and O–H groups in total. The molecular formula is C9H16ClN2P. The fraction of sp³-hybridized carbons (Fsp3) is 0.556. The summed E-state index contributed by atoms with van der Waals surface area (Å²) in [7, 11) is 0.828. The minimum absolute atomic E-state index is 0. The molecule has 1 unspecified atom stereocenters. The summed E-state index contributed by atoms with van der Waals surface area (Å²) < 4.78 is 4.81. The summed E-state index contributed by atoms with van der Waals surface area (Å²) in [4.78, 5) is 0. The van der Waals surface area contributed by atoms with Crippen molar-refractivity contribution in [3.05, 3.63) is 24.5 Å². The molecule has 0 aliphatic carbocycles. The molecule has 2 nitrogen and oxygen atoms in total. The lowest BCUT2D eigenvalue weighted by Gasteiger charge is -2.26. The van der Waals surface area contributed by atoms with Gasteiger partial charge in [-0.1, -0.05) is 6.42 Å². The molecule has 2 heterocycles. The molecule has 4 heteroatoms. The van der Waals surface area contributed by atoms with Crippen LogP contribution in [0.15, 0.2) is 24.5 Å². The highest BCUT2D eigenvalue weighted by Crippen LogP contribution is 2.24. The van der Waals surface area contributed by atoms with Gasteiger partial charge in [0.05, 0.1) is 8.88 Å². The Morgan fingerprint density at radius 3 is 2.15 bits per heavy atom. The highest BCUT2D eigenvalue weighted by molar-refractivity contribution is 7.33. The van der Waals surface area contributed by atoms with Crippen LogP contribution in [-0.2, 0) is 0 Å². The maximum Gasteiger partial charge on any atom is 0.0555 e. The second-order valence-electron chi connectivity index (χ2n) is 3.24. The largest absolute Gasteiger partial charge is 0.323 e. The van der Waals surface area contributed by atoms with Crippen LogP contribution in [0.25, 0.3) is 0 Å². The fourth-order valence-corrected chi connectivity index (χ4v) is 2.71.